The summed E-state index contributed by atoms with van der Waals surface area (Å²) in [5.74, 6) is -0.752. The zero-order valence-corrected chi connectivity index (χ0v) is 24.0. The third-order valence-corrected chi connectivity index (χ3v) is 8.83. The first-order valence-corrected chi connectivity index (χ1v) is 14.6. The summed E-state index contributed by atoms with van der Waals surface area (Å²) in [6, 6.07) is 9.68. The molecule has 0 bridgehead atoms. The van der Waals surface area contributed by atoms with Crippen molar-refractivity contribution in [3.05, 3.63) is 76.2 Å². The average Bonchev–Trinajstić information content (AvgIpc) is 3.63. The highest BCUT2D eigenvalue weighted by Gasteiger charge is 2.34. The normalized spacial score (nSPS) is 17.2. The van der Waals surface area contributed by atoms with Gasteiger partial charge in [0.2, 0.25) is 11.8 Å². The van der Waals surface area contributed by atoms with Gasteiger partial charge in [-0.05, 0) is 54.3 Å². The van der Waals surface area contributed by atoms with Gasteiger partial charge in [0.1, 0.15) is 16.4 Å². The maximum Gasteiger partial charge on any atom is 0.263 e. The van der Waals surface area contributed by atoms with Gasteiger partial charge in [-0.25, -0.2) is 22.8 Å². The van der Waals surface area contributed by atoms with Gasteiger partial charge < -0.3 is 10.1 Å². The number of carbonyl (C=O) groups excluding carboxylic acids is 1. The summed E-state index contributed by atoms with van der Waals surface area (Å²) in [5, 5.41) is 3.03. The van der Waals surface area contributed by atoms with Crippen molar-refractivity contribution in [2.75, 3.05) is 11.8 Å². The minimum atomic E-state index is -4.23. The van der Waals surface area contributed by atoms with Crippen LogP contribution < -0.4 is 20.3 Å². The molecule has 1 amide bonds. The monoisotopic (exact) mass is 599 g/mol. The Kier molecular flexibility index (Phi) is 7.71. The van der Waals surface area contributed by atoms with Crippen LogP contribution >= 0.6 is 11.6 Å². The molecular formula is C28H27ClFN5O5S. The third kappa shape index (κ3) is 6.03. The number of halogens is 2. The number of nitrogens with one attached hydrogen (secondary N) is 2. The Bertz CT molecular complexity index is 1830. The lowest BCUT2D eigenvalue weighted by atomic mass is 10.0. The van der Waals surface area contributed by atoms with E-state index in [9.17, 15) is 22.4 Å². The van der Waals surface area contributed by atoms with Gasteiger partial charge in [-0.3, -0.25) is 18.9 Å². The predicted octanol–water partition coefficient (Wildman–Crippen LogP) is 4.22. The maximum absolute atomic E-state index is 13.5. The highest BCUT2D eigenvalue weighted by atomic mass is 35.5. The zero-order valence-electron chi connectivity index (χ0n) is 22.4. The summed E-state index contributed by atoms with van der Waals surface area (Å²) in [6.45, 7) is 4.00. The molecule has 10 nitrogen and oxygen atoms in total. The largest absolute Gasteiger partial charge is 0.480 e. The van der Waals surface area contributed by atoms with Crippen molar-refractivity contribution >= 4 is 44.1 Å². The second-order valence-electron chi connectivity index (χ2n) is 10.1. The molecule has 3 atom stereocenters. The quantitative estimate of drug-likeness (QED) is 0.294. The number of hydrogen-bond acceptors (Lipinski definition) is 7. The average molecular weight is 600 g/mol. The fraction of sp³-hybridized carbons (Fsp3) is 0.286. The second-order valence-corrected chi connectivity index (χ2v) is 12.2. The molecule has 1 saturated carbocycles. The molecular weight excluding hydrogens is 573 g/mol. The molecule has 0 unspecified atom stereocenters. The SMILES string of the molecule is COc1ncc(-c2ccc3ncn(C[C@H](C)C(=O)N[C@@H]4C[C@H]4C)c(=O)c3c2)cc1NS(=O)(=O)c1ccc(F)cc1Cl. The molecule has 0 radical (unpaired) electrons. The van der Waals surface area contributed by atoms with Crippen molar-refractivity contribution in [2.45, 2.75) is 37.8 Å². The molecule has 0 saturated heterocycles. The van der Waals surface area contributed by atoms with Crippen LogP contribution in [0.4, 0.5) is 10.1 Å². The summed E-state index contributed by atoms with van der Waals surface area (Å²) in [5.41, 5.74) is 1.21. The van der Waals surface area contributed by atoms with Gasteiger partial charge in [0.05, 0.1) is 35.3 Å². The van der Waals surface area contributed by atoms with Crippen molar-refractivity contribution in [2.24, 2.45) is 11.8 Å². The Morgan fingerprint density at radius 1 is 1.20 bits per heavy atom. The number of rotatable bonds is 9. The molecule has 0 spiro atoms. The molecule has 2 aromatic carbocycles. The van der Waals surface area contributed by atoms with E-state index < -0.39 is 21.8 Å². The second kappa shape index (κ2) is 11.1. The number of nitrogens with zero attached hydrogens (tertiary/aromatic N) is 3. The molecule has 1 aliphatic carbocycles. The Morgan fingerprint density at radius 3 is 2.63 bits per heavy atom. The van der Waals surface area contributed by atoms with Crippen LogP contribution in [0.15, 0.2) is 64.7 Å². The molecule has 1 aliphatic rings. The summed E-state index contributed by atoms with van der Waals surface area (Å²) >= 11 is 5.98. The number of aromatic nitrogens is 3. The topological polar surface area (TPSA) is 132 Å². The van der Waals surface area contributed by atoms with Crippen LogP contribution in [0.5, 0.6) is 5.88 Å². The van der Waals surface area contributed by atoms with Crippen molar-refractivity contribution < 1.29 is 22.3 Å². The number of carbonyl (C=O) groups is 1. The van der Waals surface area contributed by atoms with E-state index >= 15 is 0 Å². The van der Waals surface area contributed by atoms with E-state index in [4.69, 9.17) is 16.3 Å². The number of fused-ring (bicyclic) bond motifs is 1. The number of pyridine rings is 1. The molecule has 214 valence electrons. The van der Waals surface area contributed by atoms with E-state index in [2.05, 4.69) is 26.9 Å². The number of sulfonamides is 1. The fourth-order valence-electron chi connectivity index (χ4n) is 4.43. The summed E-state index contributed by atoms with van der Waals surface area (Å²) in [7, 11) is -2.89. The fourth-order valence-corrected chi connectivity index (χ4v) is 6.01. The van der Waals surface area contributed by atoms with Gasteiger partial charge in [0, 0.05) is 24.3 Å². The highest BCUT2D eigenvalue weighted by molar-refractivity contribution is 7.92. The first-order valence-electron chi connectivity index (χ1n) is 12.8. The molecule has 5 rings (SSSR count). The Hall–Kier alpha value is -4.03. The van der Waals surface area contributed by atoms with E-state index in [0.29, 0.717) is 27.9 Å². The molecule has 41 heavy (non-hydrogen) atoms. The molecule has 2 aromatic heterocycles. The van der Waals surface area contributed by atoms with Gasteiger partial charge in [-0.1, -0.05) is 31.5 Å². The summed E-state index contributed by atoms with van der Waals surface area (Å²) in [4.78, 5) is 34.2. The van der Waals surface area contributed by atoms with Gasteiger partial charge >= 0.3 is 0 Å². The van der Waals surface area contributed by atoms with Gasteiger partial charge in [0.15, 0.2) is 0 Å². The lowest BCUT2D eigenvalue weighted by Crippen LogP contribution is -2.35. The number of methoxy groups -OCH3 is 1. The van der Waals surface area contributed by atoms with Crippen LogP contribution in [0, 0.1) is 17.7 Å². The molecule has 2 N–H and O–H groups in total. The van der Waals surface area contributed by atoms with Gasteiger partial charge in [-0.2, -0.15) is 0 Å². The standard InChI is InChI=1S/C28H27ClFN5O5S/c1-15-8-23(15)33-26(36)16(2)13-35-14-32-22-6-4-17(9-20(22)28(35)37)18-10-24(27(40-3)31-12-18)34-41(38,39)25-7-5-19(30)11-21(25)29/h4-7,9-12,14-16,23,34H,8,13H2,1-3H3,(H,33,36)/t15-,16+,23-/m1/s1. The number of ether oxygens (including phenoxy) is 1. The number of anilines is 1. The van der Waals surface area contributed by atoms with E-state index in [-0.39, 0.29) is 45.5 Å². The van der Waals surface area contributed by atoms with E-state index in [0.717, 1.165) is 24.6 Å². The number of amides is 1. The summed E-state index contributed by atoms with van der Waals surface area (Å²) < 4.78 is 48.6. The Balaban J connectivity index is 1.45. The lowest BCUT2D eigenvalue weighted by Gasteiger charge is -2.15. The molecule has 4 aromatic rings. The predicted molar refractivity (Wildman–Crippen MR) is 153 cm³/mol. The van der Waals surface area contributed by atoms with Crippen molar-refractivity contribution in [3.8, 4) is 17.0 Å². The minimum Gasteiger partial charge on any atom is -0.480 e. The van der Waals surface area contributed by atoms with Crippen LogP contribution in [0.25, 0.3) is 22.0 Å². The van der Waals surface area contributed by atoms with Crippen LogP contribution in [0.3, 0.4) is 0 Å². The zero-order chi connectivity index (χ0) is 29.5. The lowest BCUT2D eigenvalue weighted by molar-refractivity contribution is -0.125. The molecule has 0 aliphatic heterocycles. The molecule has 1 fully saturated rings. The van der Waals surface area contributed by atoms with Crippen molar-refractivity contribution in [1.82, 2.24) is 19.9 Å². The molecule has 13 heteroatoms. The van der Waals surface area contributed by atoms with E-state index in [1.165, 1.54) is 30.3 Å². The van der Waals surface area contributed by atoms with Crippen LogP contribution in [0.1, 0.15) is 20.3 Å². The molecule has 2 heterocycles. The number of hydrogen-bond donors (Lipinski definition) is 2. The Morgan fingerprint density at radius 2 is 1.95 bits per heavy atom. The van der Waals surface area contributed by atoms with Gasteiger partial charge in [-0.15, -0.1) is 0 Å². The van der Waals surface area contributed by atoms with Crippen LogP contribution in [-0.2, 0) is 21.4 Å². The van der Waals surface area contributed by atoms with Crippen molar-refractivity contribution in [3.63, 3.8) is 0 Å². The first kappa shape index (κ1) is 28.5. The first-order chi connectivity index (χ1) is 19.5. The minimum absolute atomic E-state index is 0.00627. The maximum atomic E-state index is 13.5. The smallest absolute Gasteiger partial charge is 0.263 e. The third-order valence-electron chi connectivity index (χ3n) is 6.98. The summed E-state index contributed by atoms with van der Waals surface area (Å²) in [6.07, 6.45) is 3.86. The van der Waals surface area contributed by atoms with E-state index in [1.54, 1.807) is 25.1 Å². The van der Waals surface area contributed by atoms with Gasteiger partial charge in [0.25, 0.3) is 15.6 Å². The van der Waals surface area contributed by atoms with E-state index in [1.807, 2.05) is 0 Å². The van der Waals surface area contributed by atoms with Crippen LogP contribution in [0.2, 0.25) is 5.02 Å². The Labute approximate surface area is 240 Å². The highest BCUT2D eigenvalue weighted by Crippen LogP contribution is 2.32. The van der Waals surface area contributed by atoms with Crippen molar-refractivity contribution in [1.29, 1.82) is 0 Å². The number of benzene rings is 2. The van der Waals surface area contributed by atoms with Crippen LogP contribution in [-0.4, -0.2) is 42.0 Å².